The van der Waals surface area contributed by atoms with Crippen molar-refractivity contribution in [3.05, 3.63) is 93.6 Å². The Balaban J connectivity index is 1.90. The van der Waals surface area contributed by atoms with Crippen LogP contribution in [0.15, 0.2) is 80.8 Å². The van der Waals surface area contributed by atoms with Gasteiger partial charge in [-0.1, -0.05) is 48.5 Å². The van der Waals surface area contributed by atoms with Crippen molar-refractivity contribution < 1.29 is 12.8 Å². The summed E-state index contributed by atoms with van der Waals surface area (Å²) < 4.78 is 30.3. The van der Waals surface area contributed by atoms with E-state index in [-0.39, 0.29) is 16.4 Å². The summed E-state index contributed by atoms with van der Waals surface area (Å²) in [4.78, 5) is 13.2. The van der Waals surface area contributed by atoms with Crippen LogP contribution in [0.1, 0.15) is 29.7 Å². The van der Waals surface area contributed by atoms with Gasteiger partial charge in [-0.15, -0.1) is 0 Å². The van der Waals surface area contributed by atoms with Gasteiger partial charge in [-0.2, -0.15) is 0 Å². The molecule has 6 nitrogen and oxygen atoms in total. The average molecular weight is 449 g/mol. The zero-order valence-corrected chi connectivity index (χ0v) is 18.9. The van der Waals surface area contributed by atoms with E-state index in [0.29, 0.717) is 28.0 Å². The highest BCUT2D eigenvalue weighted by Gasteiger charge is 2.20. The molecule has 1 heterocycles. The molecule has 0 amide bonds. The van der Waals surface area contributed by atoms with Crippen LogP contribution in [0.2, 0.25) is 0 Å². The van der Waals surface area contributed by atoms with E-state index >= 15 is 0 Å². The number of para-hydroxylation sites is 1. The molecule has 164 valence electrons. The maximum absolute atomic E-state index is 13.2. The Labute approximate surface area is 186 Å². The van der Waals surface area contributed by atoms with Gasteiger partial charge in [0, 0.05) is 16.7 Å². The Hall–Kier alpha value is -3.42. The molecule has 3 aromatic carbocycles. The van der Waals surface area contributed by atoms with Crippen LogP contribution in [0, 0.1) is 13.8 Å². The summed E-state index contributed by atoms with van der Waals surface area (Å²) in [7, 11) is -3.90. The molecule has 4 rings (SSSR count). The second-order valence-electron chi connectivity index (χ2n) is 7.89. The summed E-state index contributed by atoms with van der Waals surface area (Å²) in [5, 5.41) is 9.10. The number of hydrogen-bond acceptors (Lipinski definition) is 5. The summed E-state index contributed by atoms with van der Waals surface area (Å²) in [5.41, 5.74) is 3.77. The molecule has 4 aromatic rings. The summed E-state index contributed by atoms with van der Waals surface area (Å²) in [5.74, 6) is 0.519. The number of nitrogens with two attached hydrogens (primary N) is 1. The maximum atomic E-state index is 13.2. The van der Waals surface area contributed by atoms with E-state index in [4.69, 9.17) is 9.56 Å². The average Bonchev–Trinajstić information content (AvgIpc) is 2.76. The number of anilines is 1. The molecule has 0 aliphatic carbocycles. The molecule has 0 spiro atoms. The smallest absolute Gasteiger partial charge is 0.240 e. The van der Waals surface area contributed by atoms with Crippen molar-refractivity contribution in [1.29, 1.82) is 0 Å². The molecule has 1 aromatic heterocycles. The summed E-state index contributed by atoms with van der Waals surface area (Å²) in [6, 6.07) is 19.3. The van der Waals surface area contributed by atoms with Gasteiger partial charge >= 0.3 is 0 Å². The van der Waals surface area contributed by atoms with Gasteiger partial charge in [0.15, 0.2) is 5.43 Å². The van der Waals surface area contributed by atoms with Crippen LogP contribution in [0.3, 0.4) is 0 Å². The van der Waals surface area contributed by atoms with E-state index in [1.807, 2.05) is 56.3 Å². The third-order valence-corrected chi connectivity index (χ3v) is 6.43. The quantitative estimate of drug-likeness (QED) is 0.452. The highest BCUT2D eigenvalue weighted by Crippen LogP contribution is 2.33. The van der Waals surface area contributed by atoms with E-state index in [2.05, 4.69) is 5.32 Å². The second-order valence-corrected chi connectivity index (χ2v) is 9.42. The zero-order chi connectivity index (χ0) is 23.0. The summed E-state index contributed by atoms with van der Waals surface area (Å²) >= 11 is 0. The molecular formula is C25H24N2O4S. The van der Waals surface area contributed by atoms with Crippen LogP contribution in [0.25, 0.3) is 22.3 Å². The minimum atomic E-state index is -3.90. The van der Waals surface area contributed by atoms with E-state index in [0.717, 1.165) is 16.7 Å². The Morgan fingerprint density at radius 1 is 0.969 bits per heavy atom. The molecule has 1 atom stereocenters. The monoisotopic (exact) mass is 448 g/mol. The lowest BCUT2D eigenvalue weighted by molar-refractivity contribution is 0.598. The molecule has 0 saturated carbocycles. The molecule has 0 fully saturated rings. The first-order valence-corrected chi connectivity index (χ1v) is 11.7. The normalized spacial score (nSPS) is 12.6. The first-order valence-electron chi connectivity index (χ1n) is 10.2. The van der Waals surface area contributed by atoms with E-state index < -0.39 is 10.0 Å². The highest BCUT2D eigenvalue weighted by atomic mass is 32.2. The number of aryl methyl sites for hydroxylation is 1. The number of hydrogen-bond donors (Lipinski definition) is 2. The first kappa shape index (κ1) is 21.8. The molecule has 0 aliphatic heterocycles. The van der Waals surface area contributed by atoms with Crippen molar-refractivity contribution >= 4 is 26.7 Å². The number of sulfonamides is 1. The van der Waals surface area contributed by atoms with Gasteiger partial charge in [0.05, 0.1) is 17.1 Å². The Bertz CT molecular complexity index is 1480. The van der Waals surface area contributed by atoms with Crippen LogP contribution in [-0.4, -0.2) is 8.42 Å². The molecule has 3 N–H and O–H groups in total. The molecule has 0 saturated heterocycles. The summed E-state index contributed by atoms with van der Waals surface area (Å²) in [6.07, 6.45) is 0. The third kappa shape index (κ3) is 4.04. The molecule has 0 aliphatic rings. The Morgan fingerprint density at radius 2 is 1.62 bits per heavy atom. The fourth-order valence-electron chi connectivity index (χ4n) is 3.90. The van der Waals surface area contributed by atoms with Crippen LogP contribution in [0.4, 0.5) is 5.69 Å². The SMILES string of the molecule is Cc1cc(C(C)Nc2ccccc2S(N)(=O)=O)c2oc(-c3ccccc3)c(C)c(=O)c2c1. The lowest BCUT2D eigenvalue weighted by Crippen LogP contribution is -2.17. The predicted molar refractivity (Wildman–Crippen MR) is 127 cm³/mol. The Morgan fingerprint density at radius 3 is 2.31 bits per heavy atom. The van der Waals surface area contributed by atoms with E-state index in [1.165, 1.54) is 6.07 Å². The molecule has 32 heavy (non-hydrogen) atoms. The lowest BCUT2D eigenvalue weighted by Gasteiger charge is -2.20. The molecule has 7 heteroatoms. The Kier molecular flexibility index (Phi) is 5.62. The fraction of sp³-hybridized carbons (Fsp3) is 0.160. The minimum absolute atomic E-state index is 0.00563. The fourth-order valence-corrected chi connectivity index (χ4v) is 4.60. The van der Waals surface area contributed by atoms with Crippen molar-refractivity contribution in [2.45, 2.75) is 31.7 Å². The van der Waals surface area contributed by atoms with Gasteiger partial charge < -0.3 is 9.73 Å². The van der Waals surface area contributed by atoms with Gasteiger partial charge in [0.2, 0.25) is 10.0 Å². The van der Waals surface area contributed by atoms with Gasteiger partial charge in [0.25, 0.3) is 0 Å². The van der Waals surface area contributed by atoms with E-state index in [1.54, 1.807) is 25.1 Å². The number of primary sulfonamides is 1. The number of rotatable bonds is 5. The van der Waals surface area contributed by atoms with Crippen molar-refractivity contribution in [3.63, 3.8) is 0 Å². The maximum Gasteiger partial charge on any atom is 0.240 e. The summed E-state index contributed by atoms with van der Waals surface area (Å²) in [6.45, 7) is 5.56. The van der Waals surface area contributed by atoms with Crippen molar-refractivity contribution in [3.8, 4) is 11.3 Å². The standard InChI is InChI=1S/C25H24N2O4S/c1-15-13-19(17(3)27-21-11-7-8-12-22(21)32(26,29)30)25-20(14-15)23(28)16(2)24(31-25)18-9-5-4-6-10-18/h4-14,17,27H,1-3H3,(H2,26,29,30). The number of fused-ring (bicyclic) bond motifs is 1. The second kappa shape index (κ2) is 8.26. The minimum Gasteiger partial charge on any atom is -0.455 e. The zero-order valence-electron chi connectivity index (χ0n) is 18.0. The predicted octanol–water partition coefficient (Wildman–Crippen LogP) is 4.90. The first-order chi connectivity index (χ1) is 15.2. The van der Waals surface area contributed by atoms with Crippen LogP contribution >= 0.6 is 0 Å². The number of nitrogens with one attached hydrogen (secondary N) is 1. The van der Waals surface area contributed by atoms with E-state index in [9.17, 15) is 13.2 Å². The largest absolute Gasteiger partial charge is 0.455 e. The molecule has 0 bridgehead atoms. The van der Waals surface area contributed by atoms with Crippen molar-refractivity contribution in [1.82, 2.24) is 0 Å². The molecule has 1 unspecified atom stereocenters. The topological polar surface area (TPSA) is 102 Å². The molecular weight excluding hydrogens is 424 g/mol. The third-order valence-electron chi connectivity index (χ3n) is 5.46. The van der Waals surface area contributed by atoms with Gasteiger partial charge in [-0.25, -0.2) is 13.6 Å². The van der Waals surface area contributed by atoms with Crippen molar-refractivity contribution in [2.24, 2.45) is 5.14 Å². The van der Waals surface area contributed by atoms with Gasteiger partial charge in [-0.3, -0.25) is 4.79 Å². The van der Waals surface area contributed by atoms with Crippen LogP contribution in [-0.2, 0) is 10.0 Å². The molecule has 0 radical (unpaired) electrons. The van der Waals surface area contributed by atoms with Gasteiger partial charge in [0.1, 0.15) is 16.2 Å². The van der Waals surface area contributed by atoms with Crippen molar-refractivity contribution in [2.75, 3.05) is 5.32 Å². The van der Waals surface area contributed by atoms with Gasteiger partial charge in [-0.05, 0) is 44.5 Å². The highest BCUT2D eigenvalue weighted by molar-refractivity contribution is 7.89. The van der Waals surface area contributed by atoms with Crippen LogP contribution in [0.5, 0.6) is 0 Å². The lowest BCUT2D eigenvalue weighted by atomic mass is 9.99. The van der Waals surface area contributed by atoms with Crippen LogP contribution < -0.4 is 15.9 Å². The number of benzene rings is 3.